The molecule has 0 atom stereocenters. The number of amides is 1. The molecular formula is C18H21FN2O. The van der Waals surface area contributed by atoms with E-state index in [4.69, 9.17) is 0 Å². The summed E-state index contributed by atoms with van der Waals surface area (Å²) >= 11 is 0. The first-order valence-electron chi connectivity index (χ1n) is 7.23. The molecule has 116 valence electrons. The Bertz CT molecular complexity index is 650. The van der Waals surface area contributed by atoms with Gasteiger partial charge in [-0.25, -0.2) is 4.39 Å². The molecule has 0 saturated carbocycles. The van der Waals surface area contributed by atoms with Crippen LogP contribution in [0.2, 0.25) is 0 Å². The van der Waals surface area contributed by atoms with Crippen molar-refractivity contribution in [2.24, 2.45) is 0 Å². The molecular weight excluding hydrogens is 279 g/mol. The van der Waals surface area contributed by atoms with Crippen LogP contribution in [-0.4, -0.2) is 24.4 Å². The summed E-state index contributed by atoms with van der Waals surface area (Å²) in [4.78, 5) is 13.9. The lowest BCUT2D eigenvalue weighted by molar-refractivity contribution is -0.117. The zero-order valence-corrected chi connectivity index (χ0v) is 13.2. The normalized spacial score (nSPS) is 10.8. The number of carbonyl (C=O) groups is 1. The third kappa shape index (κ3) is 4.97. The van der Waals surface area contributed by atoms with Crippen molar-refractivity contribution in [2.45, 2.75) is 20.4 Å². The summed E-state index contributed by atoms with van der Waals surface area (Å²) in [5.41, 5.74) is 3.88. The maximum absolute atomic E-state index is 13.1. The van der Waals surface area contributed by atoms with Gasteiger partial charge in [0.25, 0.3) is 0 Å². The molecule has 0 saturated heterocycles. The predicted molar refractivity (Wildman–Crippen MR) is 87.3 cm³/mol. The zero-order valence-electron chi connectivity index (χ0n) is 13.2. The number of carbonyl (C=O) groups excluding carboxylic acids is 1. The largest absolute Gasteiger partial charge is 0.325 e. The second-order valence-corrected chi connectivity index (χ2v) is 5.73. The molecule has 0 radical (unpaired) electrons. The fourth-order valence-electron chi connectivity index (χ4n) is 2.50. The molecule has 0 unspecified atom stereocenters. The van der Waals surface area contributed by atoms with Gasteiger partial charge in [-0.15, -0.1) is 0 Å². The topological polar surface area (TPSA) is 32.3 Å². The van der Waals surface area contributed by atoms with E-state index < -0.39 is 0 Å². The first-order valence-corrected chi connectivity index (χ1v) is 7.23. The molecule has 1 N–H and O–H groups in total. The van der Waals surface area contributed by atoms with Gasteiger partial charge < -0.3 is 5.32 Å². The molecule has 1 amide bonds. The van der Waals surface area contributed by atoms with Crippen LogP contribution in [0.4, 0.5) is 10.1 Å². The van der Waals surface area contributed by atoms with Crippen LogP contribution in [0.3, 0.4) is 0 Å². The van der Waals surface area contributed by atoms with Crippen molar-refractivity contribution in [1.82, 2.24) is 4.90 Å². The highest BCUT2D eigenvalue weighted by atomic mass is 19.1. The van der Waals surface area contributed by atoms with Gasteiger partial charge in [0, 0.05) is 12.2 Å². The molecule has 0 aliphatic carbocycles. The second kappa shape index (κ2) is 7.18. The van der Waals surface area contributed by atoms with Crippen LogP contribution in [0, 0.1) is 19.7 Å². The molecule has 2 aromatic carbocycles. The van der Waals surface area contributed by atoms with Crippen molar-refractivity contribution in [3.8, 4) is 0 Å². The minimum atomic E-state index is -0.259. The molecule has 2 aromatic rings. The Morgan fingerprint density at radius 1 is 1.14 bits per heavy atom. The molecule has 4 heteroatoms. The Kier molecular flexibility index (Phi) is 5.28. The van der Waals surface area contributed by atoms with E-state index in [0.29, 0.717) is 6.54 Å². The van der Waals surface area contributed by atoms with E-state index in [1.165, 1.54) is 12.1 Å². The molecule has 22 heavy (non-hydrogen) atoms. The highest BCUT2D eigenvalue weighted by molar-refractivity contribution is 5.92. The van der Waals surface area contributed by atoms with Crippen LogP contribution < -0.4 is 5.32 Å². The Morgan fingerprint density at radius 2 is 1.82 bits per heavy atom. The van der Waals surface area contributed by atoms with Crippen LogP contribution in [0.15, 0.2) is 42.5 Å². The van der Waals surface area contributed by atoms with Crippen LogP contribution in [0.25, 0.3) is 0 Å². The van der Waals surface area contributed by atoms with Gasteiger partial charge in [-0.1, -0.05) is 18.2 Å². The number of likely N-dealkylation sites (N-methyl/N-ethyl adjacent to an activating group) is 1. The monoisotopic (exact) mass is 300 g/mol. The lowest BCUT2D eigenvalue weighted by Crippen LogP contribution is -2.29. The second-order valence-electron chi connectivity index (χ2n) is 5.73. The van der Waals surface area contributed by atoms with Crippen molar-refractivity contribution >= 4 is 11.6 Å². The van der Waals surface area contributed by atoms with Crippen molar-refractivity contribution in [3.63, 3.8) is 0 Å². The molecule has 0 aliphatic heterocycles. The third-order valence-electron chi connectivity index (χ3n) is 3.26. The van der Waals surface area contributed by atoms with E-state index in [1.807, 2.05) is 44.0 Å². The molecule has 0 heterocycles. The zero-order chi connectivity index (χ0) is 16.1. The van der Waals surface area contributed by atoms with Gasteiger partial charge in [0.2, 0.25) is 5.91 Å². The summed E-state index contributed by atoms with van der Waals surface area (Å²) in [7, 11) is 1.84. The maximum Gasteiger partial charge on any atom is 0.238 e. The van der Waals surface area contributed by atoms with Gasteiger partial charge in [-0.3, -0.25) is 9.69 Å². The molecule has 3 nitrogen and oxygen atoms in total. The van der Waals surface area contributed by atoms with E-state index in [2.05, 4.69) is 11.4 Å². The number of aryl methyl sites for hydroxylation is 2. The minimum Gasteiger partial charge on any atom is -0.325 e. The number of rotatable bonds is 5. The van der Waals surface area contributed by atoms with Crippen molar-refractivity contribution in [3.05, 3.63) is 65.0 Å². The average Bonchev–Trinajstić information content (AvgIpc) is 2.36. The van der Waals surface area contributed by atoms with Gasteiger partial charge in [0.1, 0.15) is 5.82 Å². The van der Waals surface area contributed by atoms with E-state index in [0.717, 1.165) is 22.4 Å². The number of hydrogen-bond acceptors (Lipinski definition) is 2. The van der Waals surface area contributed by atoms with Gasteiger partial charge in [-0.05, 0) is 61.9 Å². The number of nitrogens with zero attached hydrogens (tertiary/aromatic N) is 1. The molecule has 0 aliphatic rings. The van der Waals surface area contributed by atoms with E-state index in [1.54, 1.807) is 6.07 Å². The highest BCUT2D eigenvalue weighted by Crippen LogP contribution is 2.14. The van der Waals surface area contributed by atoms with Crippen LogP contribution in [0.1, 0.15) is 16.7 Å². The summed E-state index contributed by atoms with van der Waals surface area (Å²) in [5, 5.41) is 2.90. The highest BCUT2D eigenvalue weighted by Gasteiger charge is 2.08. The average molecular weight is 300 g/mol. The standard InChI is InChI=1S/C18H21FN2O/c1-13-7-14(2)9-17(8-13)20-18(22)12-21(3)11-15-5-4-6-16(19)10-15/h4-10H,11-12H2,1-3H3,(H,20,22). The molecule has 0 fully saturated rings. The first-order chi connectivity index (χ1) is 10.4. The number of nitrogens with one attached hydrogen (secondary N) is 1. The fourth-order valence-corrected chi connectivity index (χ4v) is 2.50. The summed E-state index contributed by atoms with van der Waals surface area (Å²) in [6.07, 6.45) is 0. The first kappa shape index (κ1) is 16.2. The van der Waals surface area contributed by atoms with Crippen molar-refractivity contribution in [1.29, 1.82) is 0 Å². The van der Waals surface area contributed by atoms with Gasteiger partial charge in [0.05, 0.1) is 6.54 Å². The lowest BCUT2D eigenvalue weighted by atomic mass is 10.1. The van der Waals surface area contributed by atoms with Crippen molar-refractivity contribution in [2.75, 3.05) is 18.9 Å². The summed E-state index contributed by atoms with van der Waals surface area (Å²) in [5.74, 6) is -0.338. The Hall–Kier alpha value is -2.20. The van der Waals surface area contributed by atoms with Gasteiger partial charge >= 0.3 is 0 Å². The summed E-state index contributed by atoms with van der Waals surface area (Å²) < 4.78 is 13.1. The SMILES string of the molecule is Cc1cc(C)cc(NC(=O)CN(C)Cc2cccc(F)c2)c1. The third-order valence-corrected chi connectivity index (χ3v) is 3.26. The molecule has 0 aromatic heterocycles. The Labute approximate surface area is 130 Å². The number of benzene rings is 2. The minimum absolute atomic E-state index is 0.0797. The van der Waals surface area contributed by atoms with Gasteiger partial charge in [-0.2, -0.15) is 0 Å². The smallest absolute Gasteiger partial charge is 0.238 e. The molecule has 0 spiro atoms. The fraction of sp³-hybridized carbons (Fsp3) is 0.278. The Morgan fingerprint density at radius 3 is 2.45 bits per heavy atom. The summed E-state index contributed by atoms with van der Waals surface area (Å²) in [6, 6.07) is 12.4. The predicted octanol–water partition coefficient (Wildman–Crippen LogP) is 3.51. The van der Waals surface area contributed by atoms with E-state index in [9.17, 15) is 9.18 Å². The molecule has 0 bridgehead atoms. The number of anilines is 1. The number of hydrogen-bond donors (Lipinski definition) is 1. The maximum atomic E-state index is 13.1. The lowest BCUT2D eigenvalue weighted by Gasteiger charge is -2.16. The quantitative estimate of drug-likeness (QED) is 0.916. The Balaban J connectivity index is 1.91. The summed E-state index contributed by atoms with van der Waals surface area (Å²) in [6.45, 7) is 4.78. The van der Waals surface area contributed by atoms with Crippen LogP contribution in [-0.2, 0) is 11.3 Å². The van der Waals surface area contributed by atoms with Crippen LogP contribution >= 0.6 is 0 Å². The molecule has 2 rings (SSSR count). The van der Waals surface area contributed by atoms with E-state index >= 15 is 0 Å². The van der Waals surface area contributed by atoms with Gasteiger partial charge in [0.15, 0.2) is 0 Å². The van der Waals surface area contributed by atoms with E-state index in [-0.39, 0.29) is 18.3 Å². The van der Waals surface area contributed by atoms with Crippen LogP contribution in [0.5, 0.6) is 0 Å². The number of halogens is 1. The van der Waals surface area contributed by atoms with Crippen molar-refractivity contribution < 1.29 is 9.18 Å².